The number of aliphatic carboxylic acids is 4. The van der Waals surface area contributed by atoms with Gasteiger partial charge in [0.15, 0.2) is 0 Å². The van der Waals surface area contributed by atoms with Crippen LogP contribution < -0.4 is 0 Å². The molecule has 11 heteroatoms. The molecule has 0 rings (SSSR count). The van der Waals surface area contributed by atoms with Gasteiger partial charge in [0.05, 0.1) is 32.2 Å². The van der Waals surface area contributed by atoms with Gasteiger partial charge in [0.2, 0.25) is 0 Å². The van der Waals surface area contributed by atoms with Gasteiger partial charge in [-0.3, -0.25) is 29.0 Å². The van der Waals surface area contributed by atoms with E-state index in [1.54, 1.807) is 6.07 Å². The molecule has 0 aliphatic rings. The Bertz CT molecular complexity index is 392. The highest BCUT2D eigenvalue weighted by atomic mass is 16.4. The molecule has 0 spiro atoms. The second kappa shape index (κ2) is 13.0. The molecule has 0 aromatic heterocycles. The molecule has 23 heavy (non-hydrogen) atoms. The molecule has 130 valence electrons. The van der Waals surface area contributed by atoms with Crippen LogP contribution in [0.15, 0.2) is 0 Å². The van der Waals surface area contributed by atoms with Crippen LogP contribution in [0.4, 0.5) is 0 Å². The molecule has 0 amide bonds. The summed E-state index contributed by atoms with van der Waals surface area (Å²) in [5, 5.41) is 41.8. The monoisotopic (exact) mass is 333 g/mol. The summed E-state index contributed by atoms with van der Waals surface area (Å²) in [6.07, 6.45) is 0. The van der Waals surface area contributed by atoms with Crippen molar-refractivity contribution in [3.8, 4) is 6.07 Å². The van der Waals surface area contributed by atoms with E-state index in [4.69, 9.17) is 25.7 Å². The second-order valence-corrected chi connectivity index (χ2v) is 4.22. The third-order valence-corrected chi connectivity index (χ3v) is 2.17. The third kappa shape index (κ3) is 17.2. The van der Waals surface area contributed by atoms with Gasteiger partial charge >= 0.3 is 23.9 Å². The number of nitriles is 1. The lowest BCUT2D eigenvalue weighted by atomic mass is 10.4. The summed E-state index contributed by atoms with van der Waals surface area (Å²) < 4.78 is 0. The highest BCUT2D eigenvalue weighted by molar-refractivity contribution is 5.73. The van der Waals surface area contributed by atoms with Gasteiger partial charge in [0.1, 0.15) is 0 Å². The molecule has 4 N–H and O–H groups in total. The van der Waals surface area contributed by atoms with E-state index in [2.05, 4.69) is 0 Å². The molecule has 11 nitrogen and oxygen atoms in total. The molecule has 0 saturated heterocycles. The number of carbonyl (C=O) groups is 4. The zero-order chi connectivity index (χ0) is 18.4. The topological polar surface area (TPSA) is 179 Å². The molecule has 0 aromatic rings. The summed E-state index contributed by atoms with van der Waals surface area (Å²) in [6.45, 7) is -0.820. The minimum atomic E-state index is -1.23. The maximum Gasteiger partial charge on any atom is 0.317 e. The number of hydrogen-bond acceptors (Lipinski definition) is 7. The van der Waals surface area contributed by atoms with E-state index in [0.29, 0.717) is 0 Å². The summed E-state index contributed by atoms with van der Waals surface area (Å²) in [5.41, 5.74) is 0. The lowest BCUT2D eigenvalue weighted by Gasteiger charge is -2.23. The first kappa shape index (κ1) is 22.6. The molecule has 0 aliphatic heterocycles. The number of carboxylic acids is 4. The van der Waals surface area contributed by atoms with Crippen molar-refractivity contribution in [2.75, 3.05) is 39.3 Å². The Kier molecular flexibility index (Phi) is 12.7. The normalized spacial score (nSPS) is 9.65. The second-order valence-electron chi connectivity index (χ2n) is 4.22. The van der Waals surface area contributed by atoms with E-state index < -0.39 is 50.1 Å². The molecule has 0 bridgehead atoms. The van der Waals surface area contributed by atoms with Crippen LogP contribution in [0.2, 0.25) is 0 Å². The van der Waals surface area contributed by atoms with Gasteiger partial charge in [-0.2, -0.15) is 5.26 Å². The fourth-order valence-electron chi connectivity index (χ4n) is 1.48. The smallest absolute Gasteiger partial charge is 0.317 e. The van der Waals surface area contributed by atoms with E-state index in [0.717, 1.165) is 9.80 Å². The Labute approximate surface area is 131 Å². The van der Waals surface area contributed by atoms with E-state index >= 15 is 0 Å². The van der Waals surface area contributed by atoms with Crippen molar-refractivity contribution < 1.29 is 39.6 Å². The summed E-state index contributed by atoms with van der Waals surface area (Å²) in [5.74, 6) is -4.91. The fraction of sp³-hybridized carbons (Fsp3) is 0.583. The highest BCUT2D eigenvalue weighted by Gasteiger charge is 2.17. The number of rotatable bonds is 11. The van der Waals surface area contributed by atoms with E-state index in [1.807, 2.05) is 0 Å². The molecule has 0 radical (unpaired) electrons. The van der Waals surface area contributed by atoms with Crippen LogP contribution in [0.1, 0.15) is 6.92 Å². The number of nitrogens with zero attached hydrogens (tertiary/aromatic N) is 3. The van der Waals surface area contributed by atoms with E-state index in [9.17, 15) is 19.2 Å². The molecule has 0 heterocycles. The maximum absolute atomic E-state index is 10.6. The van der Waals surface area contributed by atoms with Crippen molar-refractivity contribution in [2.45, 2.75) is 6.92 Å². The van der Waals surface area contributed by atoms with Crippen molar-refractivity contribution in [3.63, 3.8) is 0 Å². The molecular weight excluding hydrogens is 314 g/mol. The molecule has 0 aromatic carbocycles. The highest BCUT2D eigenvalue weighted by Crippen LogP contribution is 1.94. The van der Waals surface area contributed by atoms with Crippen molar-refractivity contribution in [2.24, 2.45) is 0 Å². The van der Waals surface area contributed by atoms with Crippen LogP contribution in [0.25, 0.3) is 0 Å². The third-order valence-electron chi connectivity index (χ3n) is 2.17. The van der Waals surface area contributed by atoms with Crippen LogP contribution in [0.3, 0.4) is 0 Å². The van der Waals surface area contributed by atoms with Gasteiger partial charge in [-0.15, -0.1) is 0 Å². The molecule has 0 saturated carbocycles. The Balaban J connectivity index is 0. The fourth-order valence-corrected chi connectivity index (χ4v) is 1.48. The average molecular weight is 333 g/mol. The minimum absolute atomic E-state index is 0.0703. The molecule has 0 atom stereocenters. The van der Waals surface area contributed by atoms with Gasteiger partial charge in [-0.25, -0.2) is 0 Å². The van der Waals surface area contributed by atoms with Crippen molar-refractivity contribution >= 4 is 23.9 Å². The van der Waals surface area contributed by atoms with E-state index in [1.165, 1.54) is 6.92 Å². The predicted molar refractivity (Wildman–Crippen MR) is 74.7 cm³/mol. The van der Waals surface area contributed by atoms with Crippen LogP contribution in [-0.2, 0) is 19.2 Å². The zero-order valence-electron chi connectivity index (χ0n) is 12.5. The van der Waals surface area contributed by atoms with Crippen LogP contribution in [0, 0.1) is 11.3 Å². The zero-order valence-corrected chi connectivity index (χ0v) is 12.5. The number of hydrogen-bond donors (Lipinski definition) is 4. The SMILES string of the molecule is CC#N.O=C(O)CN(CCN(CC(=O)O)CC(=O)O)CC(=O)O. The Morgan fingerprint density at radius 1 is 0.739 bits per heavy atom. The van der Waals surface area contributed by atoms with Gasteiger partial charge in [0.25, 0.3) is 0 Å². The molecule has 0 unspecified atom stereocenters. The molecule has 0 aliphatic carbocycles. The van der Waals surface area contributed by atoms with Crippen molar-refractivity contribution in [1.29, 1.82) is 5.26 Å². The predicted octanol–water partition coefficient (Wildman–Crippen LogP) is -1.54. The van der Waals surface area contributed by atoms with Crippen LogP contribution in [-0.4, -0.2) is 93.4 Å². The number of carboxylic acid groups (broad SMARTS) is 4. The first-order chi connectivity index (χ1) is 10.6. The van der Waals surface area contributed by atoms with Gasteiger partial charge in [0, 0.05) is 20.0 Å². The maximum atomic E-state index is 10.6. The van der Waals surface area contributed by atoms with Crippen LogP contribution >= 0.6 is 0 Å². The van der Waals surface area contributed by atoms with Crippen molar-refractivity contribution in [1.82, 2.24) is 9.80 Å². The standard InChI is InChI=1S/C10H16N2O8.C2H3N/c13-7(14)3-11(4-8(15)16)1-2-12(5-9(17)18)6-10(19)20;1-2-3/h1-6H2,(H,13,14)(H,15,16)(H,17,18)(H,19,20);1H3. The summed E-state index contributed by atoms with van der Waals surface area (Å²) >= 11 is 0. The Morgan fingerprint density at radius 3 is 1.04 bits per heavy atom. The Hall–Kier alpha value is -2.71. The van der Waals surface area contributed by atoms with Crippen molar-refractivity contribution in [3.05, 3.63) is 0 Å². The Morgan fingerprint density at radius 2 is 0.913 bits per heavy atom. The lowest BCUT2D eigenvalue weighted by molar-refractivity contribution is -0.145. The average Bonchev–Trinajstić information content (AvgIpc) is 2.33. The largest absolute Gasteiger partial charge is 0.480 e. The van der Waals surface area contributed by atoms with E-state index in [-0.39, 0.29) is 13.1 Å². The van der Waals surface area contributed by atoms with Gasteiger partial charge < -0.3 is 20.4 Å². The first-order valence-electron chi connectivity index (χ1n) is 6.25. The van der Waals surface area contributed by atoms with Crippen LogP contribution in [0.5, 0.6) is 0 Å². The molecular formula is C12H19N3O8. The van der Waals surface area contributed by atoms with Gasteiger partial charge in [-0.05, 0) is 0 Å². The minimum Gasteiger partial charge on any atom is -0.480 e. The molecule has 0 fully saturated rings. The van der Waals surface area contributed by atoms with Gasteiger partial charge in [-0.1, -0.05) is 0 Å². The summed E-state index contributed by atoms with van der Waals surface area (Å²) in [7, 11) is 0. The summed E-state index contributed by atoms with van der Waals surface area (Å²) in [6, 6.07) is 1.75. The first-order valence-corrected chi connectivity index (χ1v) is 6.25. The summed E-state index contributed by atoms with van der Waals surface area (Å²) in [4.78, 5) is 44.4. The quantitative estimate of drug-likeness (QED) is 0.344. The lowest BCUT2D eigenvalue weighted by Crippen LogP contribution is -2.43.